The Hall–Kier alpha value is -3.60. The van der Waals surface area contributed by atoms with Crippen molar-refractivity contribution in [2.75, 3.05) is 26.4 Å². The van der Waals surface area contributed by atoms with Gasteiger partial charge >= 0.3 is 25.7 Å². The fourth-order valence-corrected chi connectivity index (χ4v) is 9.49. The summed E-state index contributed by atoms with van der Waals surface area (Å²) in [6.07, 6.45) is 73.7. The zero-order valence-corrected chi connectivity index (χ0v) is 51.9. The third kappa shape index (κ3) is 59.0. The summed E-state index contributed by atoms with van der Waals surface area (Å²) in [7, 11) is -4.77. The van der Waals surface area contributed by atoms with E-state index in [-0.39, 0.29) is 25.9 Å². The average Bonchev–Trinajstić information content (AvgIpc) is 3.45. The first-order valence-corrected chi connectivity index (χ1v) is 33.6. The number of esters is 3. The number of unbranched alkanes of at least 4 members (excludes halogenated alkanes) is 26. The van der Waals surface area contributed by atoms with E-state index in [1.807, 2.05) is 6.08 Å². The molecule has 0 aromatic rings. The molecule has 0 aromatic carbocycles. The van der Waals surface area contributed by atoms with Crippen molar-refractivity contribution in [2.24, 2.45) is 0 Å². The number of aliphatic hydroxyl groups is 1. The van der Waals surface area contributed by atoms with Gasteiger partial charge in [-0.2, -0.15) is 0 Å². The lowest BCUT2D eigenvalue weighted by atomic mass is 10.0. The van der Waals surface area contributed by atoms with Gasteiger partial charge in [0.15, 0.2) is 6.10 Å². The van der Waals surface area contributed by atoms with Crippen molar-refractivity contribution in [3.05, 3.63) is 97.2 Å². The van der Waals surface area contributed by atoms with E-state index in [9.17, 15) is 28.9 Å². The molecule has 0 aliphatic heterocycles. The Bertz CT molecular complexity index is 1710. The minimum atomic E-state index is -4.77. The highest BCUT2D eigenvalue weighted by atomic mass is 31.2. The van der Waals surface area contributed by atoms with Gasteiger partial charge in [-0.25, -0.2) is 4.57 Å². The van der Waals surface area contributed by atoms with Gasteiger partial charge in [0.25, 0.3) is 0 Å². The van der Waals surface area contributed by atoms with Crippen molar-refractivity contribution in [1.29, 1.82) is 0 Å². The standard InChI is InChI=1S/C68H117O11P/c1-4-7-10-13-16-19-22-25-28-31-32-35-36-39-42-45-48-51-54-57-66(70)75-61-65(79-68(72)59-56-53-50-47-44-41-38-34-30-27-24-21-18-15-12-9-6-3)63-77-80(73,74)76-62-64(60-69)78-67(71)58-55-52-49-46-43-40-37-33-29-26-23-20-17-14-11-8-5-2/h8-9,11-12,17-18,20-21,26-27,29-30,38,41,47,50,64-65,69H,4-7,10,13-16,19,22-25,28,31-37,39-40,42-46,48-49,51-63H2,1-3H3,(H,73,74)/b11-8-,12-9-,20-17-,21-18-,29-26-,30-27-,41-38-,50-47-. The molecule has 0 aliphatic rings. The van der Waals surface area contributed by atoms with Crippen LogP contribution in [0.15, 0.2) is 97.2 Å². The Kier molecular flexibility index (Phi) is 58.7. The largest absolute Gasteiger partial charge is 0.472 e. The molecule has 0 radical (unpaired) electrons. The van der Waals surface area contributed by atoms with Gasteiger partial charge in [0.1, 0.15) is 12.7 Å². The Morgan fingerprint density at radius 1 is 0.362 bits per heavy atom. The molecular formula is C68H117O11P. The van der Waals surface area contributed by atoms with Gasteiger partial charge in [-0.15, -0.1) is 0 Å². The summed E-state index contributed by atoms with van der Waals surface area (Å²) in [5.41, 5.74) is 0. The summed E-state index contributed by atoms with van der Waals surface area (Å²) in [6, 6.07) is 0. The third-order valence-electron chi connectivity index (χ3n) is 13.5. The van der Waals surface area contributed by atoms with Gasteiger partial charge in [0, 0.05) is 19.3 Å². The summed E-state index contributed by atoms with van der Waals surface area (Å²) in [4.78, 5) is 48.7. The summed E-state index contributed by atoms with van der Waals surface area (Å²) in [5, 5.41) is 9.85. The first kappa shape index (κ1) is 76.4. The maximum Gasteiger partial charge on any atom is 0.472 e. The molecule has 80 heavy (non-hydrogen) atoms. The highest BCUT2D eigenvalue weighted by molar-refractivity contribution is 7.47. The van der Waals surface area contributed by atoms with Crippen molar-refractivity contribution >= 4 is 25.7 Å². The van der Waals surface area contributed by atoms with Gasteiger partial charge in [-0.05, 0) is 89.9 Å². The number of carbonyl (C=O) groups excluding carboxylic acids is 3. The van der Waals surface area contributed by atoms with Crippen LogP contribution in [0.1, 0.15) is 278 Å². The number of aliphatic hydroxyl groups excluding tert-OH is 1. The number of rotatable bonds is 59. The number of hydrogen-bond donors (Lipinski definition) is 2. The van der Waals surface area contributed by atoms with Crippen LogP contribution in [0.3, 0.4) is 0 Å². The van der Waals surface area contributed by atoms with Crippen LogP contribution in [0.2, 0.25) is 0 Å². The molecule has 0 spiro atoms. The van der Waals surface area contributed by atoms with Crippen LogP contribution < -0.4 is 0 Å². The molecule has 0 rings (SSSR count). The first-order chi connectivity index (χ1) is 39.2. The van der Waals surface area contributed by atoms with E-state index in [1.165, 1.54) is 109 Å². The minimum Gasteiger partial charge on any atom is -0.462 e. The minimum absolute atomic E-state index is 0.0869. The van der Waals surface area contributed by atoms with E-state index in [1.54, 1.807) is 0 Å². The van der Waals surface area contributed by atoms with Crippen molar-refractivity contribution in [3.8, 4) is 0 Å². The van der Waals surface area contributed by atoms with Gasteiger partial charge in [-0.1, -0.05) is 266 Å². The number of allylic oxidation sites excluding steroid dienone is 16. The van der Waals surface area contributed by atoms with Gasteiger partial charge in [0.2, 0.25) is 0 Å². The van der Waals surface area contributed by atoms with E-state index in [2.05, 4.69) is 112 Å². The van der Waals surface area contributed by atoms with Crippen molar-refractivity contribution in [1.82, 2.24) is 0 Å². The maximum absolute atomic E-state index is 13.0. The number of hydrogen-bond acceptors (Lipinski definition) is 10. The molecule has 0 fully saturated rings. The van der Waals surface area contributed by atoms with E-state index in [0.29, 0.717) is 25.7 Å². The predicted molar refractivity (Wildman–Crippen MR) is 334 cm³/mol. The summed E-state index contributed by atoms with van der Waals surface area (Å²) in [6.45, 7) is 4.38. The van der Waals surface area contributed by atoms with Gasteiger partial charge in [0.05, 0.1) is 19.8 Å². The molecule has 11 nitrogen and oxygen atoms in total. The maximum atomic E-state index is 13.0. The number of ether oxygens (including phenoxy) is 3. The van der Waals surface area contributed by atoms with Crippen LogP contribution in [0.25, 0.3) is 0 Å². The topological polar surface area (TPSA) is 155 Å². The molecule has 3 atom stereocenters. The molecule has 0 saturated carbocycles. The van der Waals surface area contributed by atoms with Crippen molar-refractivity contribution in [3.63, 3.8) is 0 Å². The highest BCUT2D eigenvalue weighted by Crippen LogP contribution is 2.43. The van der Waals surface area contributed by atoms with E-state index < -0.39 is 57.8 Å². The second kappa shape index (κ2) is 61.5. The summed E-state index contributed by atoms with van der Waals surface area (Å²) in [5.74, 6) is -1.54. The molecular weight excluding hydrogens is 1020 g/mol. The SMILES string of the molecule is CC/C=C\C/C=C\C/C=C\C/C=C\C/C=C\CCCC(=O)OC(COC(=O)CCCCCCCCCCCCCCCCCCCCC)COP(=O)(O)OCC(CO)OC(=O)CCCCCCCCC/C=C\C/C=C\C/C=C\CC. The molecule has 3 unspecified atom stereocenters. The summed E-state index contributed by atoms with van der Waals surface area (Å²) >= 11 is 0. The Morgan fingerprint density at radius 2 is 0.662 bits per heavy atom. The van der Waals surface area contributed by atoms with Gasteiger partial charge in [-0.3, -0.25) is 23.4 Å². The second-order valence-electron chi connectivity index (χ2n) is 21.2. The zero-order valence-electron chi connectivity index (χ0n) is 51.0. The Labute approximate surface area is 489 Å². The summed E-state index contributed by atoms with van der Waals surface area (Å²) < 4.78 is 39.6. The van der Waals surface area contributed by atoms with Crippen LogP contribution in [-0.2, 0) is 42.2 Å². The zero-order chi connectivity index (χ0) is 58.3. The average molecular weight is 1140 g/mol. The molecule has 2 N–H and O–H groups in total. The van der Waals surface area contributed by atoms with Crippen LogP contribution >= 0.6 is 7.82 Å². The van der Waals surface area contributed by atoms with Crippen LogP contribution in [0.5, 0.6) is 0 Å². The van der Waals surface area contributed by atoms with Crippen LogP contribution in [0.4, 0.5) is 0 Å². The lowest BCUT2D eigenvalue weighted by Crippen LogP contribution is -2.30. The molecule has 12 heteroatoms. The molecule has 0 saturated heterocycles. The fraction of sp³-hybridized carbons (Fsp3) is 0.721. The quantitative estimate of drug-likeness (QED) is 0.0197. The Balaban J connectivity index is 4.75. The molecule has 0 bridgehead atoms. The van der Waals surface area contributed by atoms with Crippen LogP contribution in [-0.4, -0.2) is 66.5 Å². The van der Waals surface area contributed by atoms with Crippen molar-refractivity contribution < 1.29 is 52.2 Å². The van der Waals surface area contributed by atoms with Crippen molar-refractivity contribution in [2.45, 2.75) is 290 Å². The molecule has 0 aliphatic carbocycles. The molecule has 0 heterocycles. The van der Waals surface area contributed by atoms with E-state index in [0.717, 1.165) is 103 Å². The monoisotopic (exact) mass is 1140 g/mol. The third-order valence-corrected chi connectivity index (χ3v) is 14.5. The smallest absolute Gasteiger partial charge is 0.462 e. The molecule has 0 aromatic heterocycles. The predicted octanol–water partition coefficient (Wildman–Crippen LogP) is 19.6. The lowest BCUT2D eigenvalue weighted by Gasteiger charge is -2.21. The molecule has 0 amide bonds. The number of phosphoric acid groups is 1. The molecule has 460 valence electrons. The van der Waals surface area contributed by atoms with Gasteiger partial charge < -0.3 is 24.2 Å². The lowest BCUT2D eigenvalue weighted by molar-refractivity contribution is -0.161. The fourth-order valence-electron chi connectivity index (χ4n) is 8.70. The first-order valence-electron chi connectivity index (χ1n) is 32.1. The normalized spacial score (nSPS) is 13.9. The van der Waals surface area contributed by atoms with Crippen LogP contribution in [0, 0.1) is 0 Å². The van der Waals surface area contributed by atoms with E-state index in [4.69, 9.17) is 23.3 Å². The number of carbonyl (C=O) groups is 3. The Morgan fingerprint density at radius 3 is 1.05 bits per heavy atom. The number of phosphoric ester groups is 1. The van der Waals surface area contributed by atoms with E-state index >= 15 is 0 Å². The highest BCUT2D eigenvalue weighted by Gasteiger charge is 2.28. The second-order valence-corrected chi connectivity index (χ2v) is 22.6.